The summed E-state index contributed by atoms with van der Waals surface area (Å²) >= 11 is 0. The van der Waals surface area contributed by atoms with Crippen LogP contribution in [0.1, 0.15) is 85.8 Å². The maximum absolute atomic E-state index is 14.3. The molecule has 0 aromatic heterocycles. The van der Waals surface area contributed by atoms with Crippen LogP contribution in [-0.4, -0.2) is 105 Å². The Balaban J connectivity index is 1.66. The lowest BCUT2D eigenvalue weighted by Crippen LogP contribution is -2.55. The largest absolute Gasteiger partial charge is 0.496 e. The quantitative estimate of drug-likeness (QED) is 0.177. The van der Waals surface area contributed by atoms with E-state index >= 15 is 0 Å². The number of rotatable bonds is 15. The molecule has 53 heavy (non-hydrogen) atoms. The van der Waals surface area contributed by atoms with Gasteiger partial charge in [-0.1, -0.05) is 66.7 Å². The van der Waals surface area contributed by atoms with Crippen LogP contribution >= 0.6 is 0 Å². The fourth-order valence-corrected chi connectivity index (χ4v) is 8.60. The molecule has 2 fully saturated rings. The summed E-state index contributed by atoms with van der Waals surface area (Å²) in [7, 11) is 10.0. The minimum absolute atomic E-state index is 0.0207. The average Bonchev–Trinajstić information content (AvgIpc) is 3.45. The van der Waals surface area contributed by atoms with Gasteiger partial charge in [0.1, 0.15) is 17.9 Å². The molecule has 10 nitrogen and oxygen atoms in total. The van der Waals surface area contributed by atoms with Crippen molar-refractivity contribution in [2.75, 3.05) is 53.4 Å². The van der Waals surface area contributed by atoms with Crippen LogP contribution in [0.15, 0.2) is 36.4 Å². The molecule has 8 atom stereocenters. The number of para-hydroxylation sites is 1. The van der Waals surface area contributed by atoms with Gasteiger partial charge in [0.15, 0.2) is 0 Å². The number of aliphatic hydroxyl groups is 2. The van der Waals surface area contributed by atoms with Crippen molar-refractivity contribution in [3.05, 3.63) is 47.5 Å². The number of hydrogen-bond acceptors (Lipinski definition) is 9. The Hall–Kier alpha value is -2.73. The molecule has 1 saturated heterocycles. The van der Waals surface area contributed by atoms with Crippen molar-refractivity contribution in [1.29, 1.82) is 0 Å². The highest BCUT2D eigenvalue weighted by atomic mass is 16.7. The summed E-state index contributed by atoms with van der Waals surface area (Å²) in [6, 6.07) is 12.3. The van der Waals surface area contributed by atoms with E-state index in [4.69, 9.17) is 9.57 Å². The Labute approximate surface area is 320 Å². The van der Waals surface area contributed by atoms with E-state index in [2.05, 4.69) is 121 Å². The van der Waals surface area contributed by atoms with Gasteiger partial charge >= 0.3 is 0 Å². The van der Waals surface area contributed by atoms with Gasteiger partial charge in [-0.05, 0) is 92.3 Å². The number of methoxy groups -OCH3 is 1. The van der Waals surface area contributed by atoms with Gasteiger partial charge in [0.25, 0.3) is 0 Å². The Bertz CT molecular complexity index is 1500. The second-order valence-electron chi connectivity index (χ2n) is 18.3. The van der Waals surface area contributed by atoms with E-state index in [1.54, 1.807) is 19.1 Å². The van der Waals surface area contributed by atoms with E-state index in [1.165, 1.54) is 5.56 Å². The zero-order valence-electron chi connectivity index (χ0n) is 35.0. The number of nitrogens with zero attached hydrogens (tertiary/aromatic N) is 3. The van der Waals surface area contributed by atoms with E-state index in [1.807, 2.05) is 12.1 Å². The molecule has 10 heteroatoms. The lowest BCUT2D eigenvalue weighted by atomic mass is 9.63. The van der Waals surface area contributed by atoms with Gasteiger partial charge in [-0.2, -0.15) is 5.06 Å². The number of carbonyl (C=O) groups is 1. The van der Waals surface area contributed by atoms with Crippen LogP contribution in [0.4, 0.5) is 5.69 Å². The van der Waals surface area contributed by atoms with E-state index < -0.39 is 24.2 Å². The van der Waals surface area contributed by atoms with Gasteiger partial charge in [0.2, 0.25) is 5.91 Å². The zero-order valence-corrected chi connectivity index (χ0v) is 35.0. The monoisotopic (exact) mass is 738 g/mol. The molecule has 298 valence electrons. The van der Waals surface area contributed by atoms with Crippen molar-refractivity contribution >= 4 is 11.6 Å². The zero-order chi connectivity index (χ0) is 39.4. The summed E-state index contributed by atoms with van der Waals surface area (Å²) in [4.78, 5) is 24.9. The second-order valence-corrected chi connectivity index (χ2v) is 18.3. The van der Waals surface area contributed by atoms with E-state index in [9.17, 15) is 15.0 Å². The van der Waals surface area contributed by atoms with Crippen LogP contribution in [-0.2, 0) is 22.7 Å². The van der Waals surface area contributed by atoms with Crippen LogP contribution in [0.3, 0.4) is 0 Å². The number of aliphatic hydroxyl groups excluding tert-OH is 2. The number of hydroxylamine groups is 2. The van der Waals surface area contributed by atoms with Crippen molar-refractivity contribution in [3.8, 4) is 16.9 Å². The van der Waals surface area contributed by atoms with Crippen LogP contribution < -0.4 is 20.3 Å². The first kappa shape index (κ1) is 43.0. The van der Waals surface area contributed by atoms with Gasteiger partial charge < -0.3 is 35.4 Å². The number of nitrogens with one attached hydrogen (secondary N) is 2. The van der Waals surface area contributed by atoms with E-state index in [0.717, 1.165) is 54.7 Å². The number of ether oxygens (including phenoxy) is 1. The van der Waals surface area contributed by atoms with Crippen LogP contribution in [0.25, 0.3) is 11.1 Å². The molecular weight excluding hydrogens is 667 g/mol. The molecule has 0 radical (unpaired) electrons. The van der Waals surface area contributed by atoms with Crippen molar-refractivity contribution in [2.45, 2.75) is 118 Å². The maximum atomic E-state index is 14.3. The van der Waals surface area contributed by atoms with Crippen LogP contribution in [0, 0.1) is 28.6 Å². The molecule has 0 bridgehead atoms. The summed E-state index contributed by atoms with van der Waals surface area (Å²) in [5.41, 5.74) is 5.49. The number of carbonyl (C=O) groups excluding carboxylic acids is 1. The lowest BCUT2D eigenvalue weighted by Gasteiger charge is -2.46. The summed E-state index contributed by atoms with van der Waals surface area (Å²) in [5.74, 6) is 0.641. The van der Waals surface area contributed by atoms with Gasteiger partial charge in [0.05, 0.1) is 26.4 Å². The summed E-state index contributed by atoms with van der Waals surface area (Å²) < 4.78 is 6.15. The molecule has 2 aromatic carbocycles. The molecule has 0 spiro atoms. The van der Waals surface area contributed by atoms with Gasteiger partial charge in [0, 0.05) is 62.0 Å². The molecule has 2 aromatic rings. The third-order valence-corrected chi connectivity index (χ3v) is 11.9. The molecule has 1 saturated carbocycles. The molecule has 2 aliphatic rings. The predicted octanol–water partition coefficient (Wildman–Crippen LogP) is 5.93. The first-order valence-corrected chi connectivity index (χ1v) is 19.6. The Kier molecular flexibility index (Phi) is 14.5. The van der Waals surface area contributed by atoms with Gasteiger partial charge in [-0.3, -0.25) is 9.63 Å². The minimum Gasteiger partial charge on any atom is -0.496 e. The first-order valence-electron chi connectivity index (χ1n) is 19.6. The third kappa shape index (κ3) is 10.7. The van der Waals surface area contributed by atoms with Gasteiger partial charge in [-0.15, -0.1) is 0 Å². The van der Waals surface area contributed by atoms with Crippen molar-refractivity contribution in [2.24, 2.45) is 28.6 Å². The fraction of sp³-hybridized carbons (Fsp3) is 0.698. The SMILES string of the molecule is COc1c(CN2O[C@@H](CO)[C@H]([C@H](C)O)[C@H]2C(=O)N[C@H]2CCC(C)(C)[C@@H](C)[C@@H]2C)cccc1-c1cc(CN[C@H](CN(C)C)CC(C)(C)C)cc(N(C)C)c1. The Morgan fingerprint density at radius 1 is 1.13 bits per heavy atom. The normalized spacial score (nSPS) is 26.0. The average molecular weight is 738 g/mol. The number of anilines is 1. The highest BCUT2D eigenvalue weighted by Gasteiger charge is 2.50. The van der Waals surface area contributed by atoms with Crippen molar-refractivity contribution in [1.82, 2.24) is 20.6 Å². The number of amides is 1. The molecule has 4 rings (SSSR count). The number of hydrogen-bond donors (Lipinski definition) is 4. The lowest BCUT2D eigenvalue weighted by molar-refractivity contribution is -0.182. The predicted molar refractivity (Wildman–Crippen MR) is 216 cm³/mol. The highest BCUT2D eigenvalue weighted by molar-refractivity contribution is 5.83. The van der Waals surface area contributed by atoms with E-state index in [0.29, 0.717) is 23.6 Å². The summed E-state index contributed by atoms with van der Waals surface area (Å²) in [5, 5.41) is 30.2. The van der Waals surface area contributed by atoms with Crippen molar-refractivity contribution in [3.63, 3.8) is 0 Å². The highest BCUT2D eigenvalue weighted by Crippen LogP contribution is 2.44. The van der Waals surface area contributed by atoms with Crippen LogP contribution in [0.5, 0.6) is 5.75 Å². The Morgan fingerprint density at radius 3 is 2.42 bits per heavy atom. The van der Waals surface area contributed by atoms with Gasteiger partial charge in [-0.25, -0.2) is 0 Å². The standard InChI is InChI=1S/C43H71N5O5/c1-27-28(2)43(7,8)18-17-36(27)45-41(51)39-38(29(3)50)37(26-49)53-48(39)24-31-15-14-16-35(40(31)52-13)32-19-30(20-34(21-32)47(11)12)23-44-33(25-46(9)10)22-42(4,5)6/h14-16,19-21,27-29,33,36-39,44,49-50H,17-18,22-26H2,1-13H3,(H,45,51)/t27-,28-,29-,33-,36-,37-,38-,39-/m0/s1. The minimum atomic E-state index is -0.871. The van der Waals surface area contributed by atoms with Crippen molar-refractivity contribution < 1.29 is 24.6 Å². The molecule has 1 aliphatic heterocycles. The summed E-state index contributed by atoms with van der Waals surface area (Å²) in [6.07, 6.45) is 1.39. The molecule has 1 heterocycles. The van der Waals surface area contributed by atoms with E-state index in [-0.39, 0.29) is 35.9 Å². The molecule has 1 amide bonds. The second kappa shape index (κ2) is 17.8. The summed E-state index contributed by atoms with van der Waals surface area (Å²) in [6.45, 7) is 19.2. The molecular formula is C43H71N5O5. The number of benzene rings is 2. The first-order chi connectivity index (χ1) is 24.8. The molecule has 4 N–H and O–H groups in total. The molecule has 0 unspecified atom stereocenters. The topological polar surface area (TPSA) is 110 Å². The molecule has 1 aliphatic carbocycles. The fourth-order valence-electron chi connectivity index (χ4n) is 8.60. The third-order valence-electron chi connectivity index (χ3n) is 11.9. The number of likely N-dealkylation sites (N-methyl/N-ethyl adjacent to an activating group) is 1. The Morgan fingerprint density at radius 2 is 1.83 bits per heavy atom. The maximum Gasteiger partial charge on any atom is 0.240 e. The smallest absolute Gasteiger partial charge is 0.240 e. The van der Waals surface area contributed by atoms with Crippen LogP contribution in [0.2, 0.25) is 0 Å².